The maximum atomic E-state index is 11.9. The molecule has 0 atom stereocenters. The van der Waals surface area contributed by atoms with Crippen LogP contribution in [0.25, 0.3) is 0 Å². The summed E-state index contributed by atoms with van der Waals surface area (Å²) >= 11 is 2.12. The summed E-state index contributed by atoms with van der Waals surface area (Å²) in [6.07, 6.45) is 2.66. The monoisotopic (exact) mass is 396 g/mol. The molecule has 1 aromatic rings. The van der Waals surface area contributed by atoms with Crippen molar-refractivity contribution >= 4 is 38.3 Å². The predicted molar refractivity (Wildman–Crippen MR) is 89.0 cm³/mol. The molecule has 0 bridgehead atoms. The molecule has 0 aliphatic heterocycles. The van der Waals surface area contributed by atoms with Gasteiger partial charge in [0.25, 0.3) is 0 Å². The van der Waals surface area contributed by atoms with Gasteiger partial charge in [0.2, 0.25) is 10.0 Å². The minimum Gasteiger partial charge on any atom is -0.317 e. The largest absolute Gasteiger partial charge is 0.317 e. The van der Waals surface area contributed by atoms with Crippen molar-refractivity contribution in [3.05, 3.63) is 27.8 Å². The molecule has 6 heteroatoms. The Morgan fingerprint density at radius 3 is 2.58 bits per heavy atom. The van der Waals surface area contributed by atoms with E-state index in [0.29, 0.717) is 12.1 Å². The molecule has 4 nitrogen and oxygen atoms in total. The molecule has 0 radical (unpaired) electrons. The third-order valence-electron chi connectivity index (χ3n) is 2.58. The van der Waals surface area contributed by atoms with E-state index in [1.54, 1.807) is 6.07 Å². The first-order valence-electron chi connectivity index (χ1n) is 6.51. The third kappa shape index (κ3) is 7.12. The van der Waals surface area contributed by atoms with Crippen molar-refractivity contribution in [3.63, 3.8) is 0 Å². The number of nitrogens with one attached hydrogen (secondary N) is 2. The van der Waals surface area contributed by atoms with E-state index in [2.05, 4.69) is 39.6 Å². The number of hydrogen-bond acceptors (Lipinski definition) is 3. The van der Waals surface area contributed by atoms with E-state index in [1.807, 2.05) is 18.2 Å². The summed E-state index contributed by atoms with van der Waals surface area (Å²) in [5, 5.41) is 3.26. The van der Waals surface area contributed by atoms with Crippen LogP contribution < -0.4 is 10.0 Å². The standard InChI is InChI=1S/C13H21IN2O2S/c1-2-9-15-10-5-6-11-19(17,18)16-13-8-4-3-7-12(13)14/h3-4,7-8,15-16H,2,5-6,9-11H2,1H3. The zero-order valence-electron chi connectivity index (χ0n) is 11.2. The number of unbranched alkanes of at least 4 members (excludes halogenated alkanes) is 1. The minimum absolute atomic E-state index is 0.172. The Hall–Kier alpha value is -0.340. The van der Waals surface area contributed by atoms with Gasteiger partial charge in [-0.3, -0.25) is 4.72 Å². The summed E-state index contributed by atoms with van der Waals surface area (Å²) in [6, 6.07) is 7.38. The number of benzene rings is 1. The Morgan fingerprint density at radius 2 is 1.89 bits per heavy atom. The normalized spacial score (nSPS) is 11.5. The van der Waals surface area contributed by atoms with Crippen LogP contribution in [0.15, 0.2) is 24.3 Å². The molecule has 0 amide bonds. The summed E-state index contributed by atoms with van der Waals surface area (Å²) in [6.45, 7) is 3.99. The molecule has 1 rings (SSSR count). The number of rotatable bonds is 9. The topological polar surface area (TPSA) is 58.2 Å². The van der Waals surface area contributed by atoms with E-state index in [1.165, 1.54) is 0 Å². The summed E-state index contributed by atoms with van der Waals surface area (Å²) < 4.78 is 27.4. The second-order valence-electron chi connectivity index (χ2n) is 4.36. The number of para-hydroxylation sites is 1. The van der Waals surface area contributed by atoms with Crippen LogP contribution in [0.1, 0.15) is 26.2 Å². The van der Waals surface area contributed by atoms with Gasteiger partial charge >= 0.3 is 0 Å². The summed E-state index contributed by atoms with van der Waals surface area (Å²) in [7, 11) is -3.23. The second-order valence-corrected chi connectivity index (χ2v) is 7.36. The summed E-state index contributed by atoms with van der Waals surface area (Å²) in [5.74, 6) is 0.172. The van der Waals surface area contributed by atoms with Gasteiger partial charge in [-0.1, -0.05) is 19.1 Å². The molecule has 0 aliphatic carbocycles. The van der Waals surface area contributed by atoms with Crippen molar-refractivity contribution < 1.29 is 8.42 Å². The van der Waals surface area contributed by atoms with Gasteiger partial charge in [-0.05, 0) is 67.1 Å². The van der Waals surface area contributed by atoms with E-state index in [4.69, 9.17) is 0 Å². The van der Waals surface area contributed by atoms with Crippen molar-refractivity contribution in [2.75, 3.05) is 23.6 Å². The highest BCUT2D eigenvalue weighted by Crippen LogP contribution is 2.18. The van der Waals surface area contributed by atoms with Crippen LogP contribution in [-0.4, -0.2) is 27.3 Å². The highest BCUT2D eigenvalue weighted by molar-refractivity contribution is 14.1. The number of hydrogen-bond donors (Lipinski definition) is 2. The molecule has 1 aromatic carbocycles. The van der Waals surface area contributed by atoms with Gasteiger partial charge < -0.3 is 5.32 Å². The van der Waals surface area contributed by atoms with Crippen LogP contribution >= 0.6 is 22.6 Å². The Labute approximate surface area is 129 Å². The van der Waals surface area contributed by atoms with Crippen LogP contribution in [0.4, 0.5) is 5.69 Å². The van der Waals surface area contributed by atoms with Gasteiger partial charge in [0, 0.05) is 3.57 Å². The minimum atomic E-state index is -3.23. The average molecular weight is 396 g/mol. The Balaban J connectivity index is 2.34. The van der Waals surface area contributed by atoms with E-state index in [0.717, 1.165) is 29.5 Å². The molecule has 0 fully saturated rings. The molecular weight excluding hydrogens is 375 g/mol. The van der Waals surface area contributed by atoms with Gasteiger partial charge in [0.1, 0.15) is 0 Å². The Morgan fingerprint density at radius 1 is 1.16 bits per heavy atom. The molecule has 0 saturated heterocycles. The summed E-state index contributed by atoms with van der Waals surface area (Å²) in [4.78, 5) is 0. The fraction of sp³-hybridized carbons (Fsp3) is 0.538. The molecule has 19 heavy (non-hydrogen) atoms. The molecule has 0 spiro atoms. The van der Waals surface area contributed by atoms with Crippen LogP contribution in [0, 0.1) is 3.57 Å². The van der Waals surface area contributed by atoms with Crippen molar-refractivity contribution in [3.8, 4) is 0 Å². The Kier molecular flexibility index (Phi) is 7.70. The van der Waals surface area contributed by atoms with Gasteiger partial charge in [-0.25, -0.2) is 8.42 Å². The lowest BCUT2D eigenvalue weighted by Gasteiger charge is -2.09. The van der Waals surface area contributed by atoms with Gasteiger partial charge in [0.15, 0.2) is 0 Å². The van der Waals surface area contributed by atoms with Crippen LogP contribution in [-0.2, 0) is 10.0 Å². The van der Waals surface area contributed by atoms with Crippen molar-refractivity contribution in [2.45, 2.75) is 26.2 Å². The van der Waals surface area contributed by atoms with E-state index in [-0.39, 0.29) is 5.75 Å². The molecule has 0 unspecified atom stereocenters. The fourth-order valence-corrected chi connectivity index (χ4v) is 3.51. The molecule has 2 N–H and O–H groups in total. The molecular formula is C13H21IN2O2S. The van der Waals surface area contributed by atoms with Crippen LogP contribution in [0.2, 0.25) is 0 Å². The van der Waals surface area contributed by atoms with Gasteiger partial charge in [-0.2, -0.15) is 0 Å². The predicted octanol–water partition coefficient (Wildman–Crippen LogP) is 2.81. The average Bonchev–Trinajstić information content (AvgIpc) is 2.36. The van der Waals surface area contributed by atoms with E-state index >= 15 is 0 Å². The quantitative estimate of drug-likeness (QED) is 0.499. The molecule has 0 aromatic heterocycles. The lowest BCUT2D eigenvalue weighted by atomic mass is 10.3. The zero-order chi connectivity index (χ0) is 14.1. The first-order chi connectivity index (χ1) is 9.05. The number of sulfonamides is 1. The lowest BCUT2D eigenvalue weighted by Crippen LogP contribution is -2.20. The highest BCUT2D eigenvalue weighted by atomic mass is 127. The highest BCUT2D eigenvalue weighted by Gasteiger charge is 2.11. The lowest BCUT2D eigenvalue weighted by molar-refractivity contribution is 0.590. The number of anilines is 1. The zero-order valence-corrected chi connectivity index (χ0v) is 14.1. The SMILES string of the molecule is CCCNCCCCS(=O)(=O)Nc1ccccc1I. The van der Waals surface area contributed by atoms with Gasteiger partial charge in [-0.15, -0.1) is 0 Å². The fourth-order valence-electron chi connectivity index (χ4n) is 1.61. The van der Waals surface area contributed by atoms with Crippen LogP contribution in [0.5, 0.6) is 0 Å². The maximum Gasteiger partial charge on any atom is 0.232 e. The first kappa shape index (κ1) is 16.7. The van der Waals surface area contributed by atoms with Crippen LogP contribution in [0.3, 0.4) is 0 Å². The first-order valence-corrected chi connectivity index (χ1v) is 9.24. The third-order valence-corrected chi connectivity index (χ3v) is 4.88. The van der Waals surface area contributed by atoms with Crippen molar-refractivity contribution in [1.82, 2.24) is 5.32 Å². The van der Waals surface area contributed by atoms with Crippen molar-refractivity contribution in [1.29, 1.82) is 0 Å². The molecule has 0 saturated carbocycles. The Bertz CT molecular complexity index is 477. The molecule has 108 valence electrons. The van der Waals surface area contributed by atoms with Crippen molar-refractivity contribution in [2.24, 2.45) is 0 Å². The number of halogens is 1. The summed E-state index contributed by atoms with van der Waals surface area (Å²) in [5.41, 5.74) is 0.659. The van der Waals surface area contributed by atoms with E-state index in [9.17, 15) is 8.42 Å². The van der Waals surface area contributed by atoms with E-state index < -0.39 is 10.0 Å². The molecule has 0 heterocycles. The maximum absolute atomic E-state index is 11.9. The molecule has 0 aliphatic rings. The second kappa shape index (κ2) is 8.76. The smallest absolute Gasteiger partial charge is 0.232 e. The van der Waals surface area contributed by atoms with Gasteiger partial charge in [0.05, 0.1) is 11.4 Å².